The summed E-state index contributed by atoms with van der Waals surface area (Å²) in [4.78, 5) is 11.1. The summed E-state index contributed by atoms with van der Waals surface area (Å²) < 4.78 is 37.5. The van der Waals surface area contributed by atoms with Crippen LogP contribution in [0.25, 0.3) is 0 Å². The first-order valence-electron chi connectivity index (χ1n) is 4.76. The van der Waals surface area contributed by atoms with Gasteiger partial charge in [0.05, 0.1) is 10.6 Å². The van der Waals surface area contributed by atoms with Gasteiger partial charge in [0.25, 0.3) is 0 Å². The Morgan fingerprint density at radius 3 is 2.59 bits per heavy atom. The molecule has 0 aliphatic heterocycles. The second-order valence-corrected chi connectivity index (χ2v) is 3.58. The van der Waals surface area contributed by atoms with Crippen LogP contribution in [0.3, 0.4) is 0 Å². The second kappa shape index (κ2) is 5.27. The van der Waals surface area contributed by atoms with E-state index in [0.29, 0.717) is 6.54 Å². The van der Waals surface area contributed by atoms with Gasteiger partial charge >= 0.3 is 12.2 Å². The largest absolute Gasteiger partial charge is 0.417 e. The summed E-state index contributed by atoms with van der Waals surface area (Å²) in [5.41, 5.74) is -0.943. The second-order valence-electron chi connectivity index (χ2n) is 3.18. The Bertz CT molecular complexity index is 421. The van der Waals surface area contributed by atoms with Crippen LogP contribution in [-0.4, -0.2) is 12.6 Å². The Labute approximate surface area is 101 Å². The number of hydrogen-bond acceptors (Lipinski definition) is 1. The van der Waals surface area contributed by atoms with Crippen LogP contribution in [0.1, 0.15) is 12.5 Å². The van der Waals surface area contributed by atoms with Crippen molar-refractivity contribution < 1.29 is 18.0 Å². The number of benzene rings is 1. The number of nitrogens with one attached hydrogen (secondary N) is 2. The normalized spacial score (nSPS) is 11.1. The monoisotopic (exact) mass is 266 g/mol. The fourth-order valence-corrected chi connectivity index (χ4v) is 1.38. The van der Waals surface area contributed by atoms with Gasteiger partial charge in [-0.15, -0.1) is 0 Å². The van der Waals surface area contributed by atoms with Crippen LogP contribution < -0.4 is 10.6 Å². The van der Waals surface area contributed by atoms with Gasteiger partial charge in [0.2, 0.25) is 0 Å². The van der Waals surface area contributed by atoms with Crippen molar-refractivity contribution in [2.24, 2.45) is 0 Å². The number of anilines is 1. The van der Waals surface area contributed by atoms with E-state index in [0.717, 1.165) is 12.1 Å². The van der Waals surface area contributed by atoms with Gasteiger partial charge < -0.3 is 10.6 Å². The van der Waals surface area contributed by atoms with Gasteiger partial charge in [-0.25, -0.2) is 4.79 Å². The molecule has 0 radical (unpaired) electrons. The van der Waals surface area contributed by atoms with Gasteiger partial charge in [-0.1, -0.05) is 11.6 Å². The lowest BCUT2D eigenvalue weighted by atomic mass is 10.2. The molecule has 2 amide bonds. The Morgan fingerprint density at radius 1 is 1.41 bits per heavy atom. The van der Waals surface area contributed by atoms with Gasteiger partial charge in [-0.05, 0) is 25.1 Å². The molecule has 0 aromatic heterocycles. The van der Waals surface area contributed by atoms with Crippen molar-refractivity contribution in [3.8, 4) is 0 Å². The Morgan fingerprint density at radius 2 is 2.06 bits per heavy atom. The van der Waals surface area contributed by atoms with Gasteiger partial charge in [0.1, 0.15) is 0 Å². The lowest BCUT2D eigenvalue weighted by Gasteiger charge is -2.11. The van der Waals surface area contributed by atoms with Crippen molar-refractivity contribution >= 4 is 23.3 Å². The molecule has 0 bridgehead atoms. The average molecular weight is 267 g/mol. The fourth-order valence-electron chi connectivity index (χ4n) is 1.16. The molecule has 1 aromatic rings. The third-order valence-corrected chi connectivity index (χ3v) is 2.20. The Balaban J connectivity index is 2.93. The molecule has 0 aliphatic carbocycles. The molecule has 2 N–H and O–H groups in total. The maximum atomic E-state index is 12.5. The van der Waals surface area contributed by atoms with Gasteiger partial charge in [-0.2, -0.15) is 13.2 Å². The lowest BCUT2D eigenvalue weighted by Crippen LogP contribution is -2.28. The summed E-state index contributed by atoms with van der Waals surface area (Å²) in [6.07, 6.45) is -4.55. The third-order valence-electron chi connectivity index (χ3n) is 1.87. The summed E-state index contributed by atoms with van der Waals surface area (Å²) >= 11 is 5.43. The molecular weight excluding hydrogens is 257 g/mol. The smallest absolute Gasteiger partial charge is 0.338 e. The number of urea groups is 1. The number of rotatable bonds is 2. The molecule has 1 rings (SSSR count). The van der Waals surface area contributed by atoms with E-state index in [2.05, 4.69) is 10.6 Å². The minimum Gasteiger partial charge on any atom is -0.338 e. The van der Waals surface area contributed by atoms with Crippen LogP contribution in [0.15, 0.2) is 18.2 Å². The summed E-state index contributed by atoms with van der Waals surface area (Å²) in [5.74, 6) is 0. The van der Waals surface area contributed by atoms with E-state index < -0.39 is 22.8 Å². The quantitative estimate of drug-likeness (QED) is 0.845. The molecule has 7 heteroatoms. The Kier molecular flexibility index (Phi) is 4.22. The highest BCUT2D eigenvalue weighted by Crippen LogP contribution is 2.36. The molecule has 3 nitrogen and oxygen atoms in total. The maximum absolute atomic E-state index is 12.5. The van der Waals surface area contributed by atoms with Crippen LogP contribution in [0.5, 0.6) is 0 Å². The molecule has 0 unspecified atom stereocenters. The van der Waals surface area contributed by atoms with E-state index in [-0.39, 0.29) is 5.69 Å². The van der Waals surface area contributed by atoms with Crippen LogP contribution >= 0.6 is 11.6 Å². The van der Waals surface area contributed by atoms with Crippen LogP contribution in [0.4, 0.5) is 23.7 Å². The zero-order chi connectivity index (χ0) is 13.1. The standard InChI is InChI=1S/C10H10ClF3N2O/c1-2-15-9(17)16-6-3-4-8(11)7(5-6)10(12,13)14/h3-5H,2H2,1H3,(H2,15,16,17). The third kappa shape index (κ3) is 3.81. The summed E-state index contributed by atoms with van der Waals surface area (Å²) in [5, 5.41) is 4.27. The number of hydrogen-bond donors (Lipinski definition) is 2. The molecule has 1 aromatic carbocycles. The van der Waals surface area contributed by atoms with E-state index in [1.165, 1.54) is 6.07 Å². The Hall–Kier alpha value is -1.43. The van der Waals surface area contributed by atoms with Crippen molar-refractivity contribution in [1.29, 1.82) is 0 Å². The van der Waals surface area contributed by atoms with E-state index in [9.17, 15) is 18.0 Å². The van der Waals surface area contributed by atoms with Crippen LogP contribution in [-0.2, 0) is 6.18 Å². The van der Waals surface area contributed by atoms with E-state index in [1.807, 2.05) is 0 Å². The first-order valence-corrected chi connectivity index (χ1v) is 5.14. The first kappa shape index (κ1) is 13.6. The van der Waals surface area contributed by atoms with Crippen molar-refractivity contribution in [3.05, 3.63) is 28.8 Å². The van der Waals surface area contributed by atoms with Gasteiger partial charge in [0, 0.05) is 12.2 Å². The molecule has 0 fully saturated rings. The number of amides is 2. The van der Waals surface area contributed by atoms with E-state index >= 15 is 0 Å². The molecule has 17 heavy (non-hydrogen) atoms. The lowest BCUT2D eigenvalue weighted by molar-refractivity contribution is -0.137. The number of carbonyl (C=O) groups excluding carboxylic acids is 1. The predicted molar refractivity (Wildman–Crippen MR) is 59.1 cm³/mol. The predicted octanol–water partition coefficient (Wildman–Crippen LogP) is 3.50. The van der Waals surface area contributed by atoms with Crippen molar-refractivity contribution in [2.75, 3.05) is 11.9 Å². The molecule has 0 spiro atoms. The molecule has 0 heterocycles. The minimum absolute atomic E-state index is 0.0349. The molecule has 0 saturated carbocycles. The number of carbonyl (C=O) groups is 1. The maximum Gasteiger partial charge on any atom is 0.417 e. The molecule has 94 valence electrons. The van der Waals surface area contributed by atoms with E-state index in [1.54, 1.807) is 6.92 Å². The van der Waals surface area contributed by atoms with Crippen LogP contribution in [0.2, 0.25) is 5.02 Å². The van der Waals surface area contributed by atoms with Crippen molar-refractivity contribution in [3.63, 3.8) is 0 Å². The van der Waals surface area contributed by atoms with E-state index in [4.69, 9.17) is 11.6 Å². The SMILES string of the molecule is CCNC(=O)Nc1ccc(Cl)c(C(F)(F)F)c1. The summed E-state index contributed by atoms with van der Waals surface area (Å²) in [6.45, 7) is 2.08. The van der Waals surface area contributed by atoms with Crippen LogP contribution in [0, 0.1) is 0 Å². The fraction of sp³-hybridized carbons (Fsp3) is 0.300. The summed E-state index contributed by atoms with van der Waals surface area (Å²) in [6, 6.07) is 2.61. The highest BCUT2D eigenvalue weighted by molar-refractivity contribution is 6.31. The molecule has 0 atom stereocenters. The highest BCUT2D eigenvalue weighted by Gasteiger charge is 2.33. The van der Waals surface area contributed by atoms with Gasteiger partial charge in [-0.3, -0.25) is 0 Å². The summed E-state index contributed by atoms with van der Waals surface area (Å²) in [7, 11) is 0. The zero-order valence-corrected chi connectivity index (χ0v) is 9.62. The zero-order valence-electron chi connectivity index (χ0n) is 8.86. The molecule has 0 aliphatic rings. The minimum atomic E-state index is -4.55. The van der Waals surface area contributed by atoms with Gasteiger partial charge in [0.15, 0.2) is 0 Å². The van der Waals surface area contributed by atoms with Crippen molar-refractivity contribution in [2.45, 2.75) is 13.1 Å². The molecule has 0 saturated heterocycles. The number of alkyl halides is 3. The molecular formula is C10H10ClF3N2O. The highest BCUT2D eigenvalue weighted by atomic mass is 35.5. The first-order chi connectivity index (χ1) is 7.84. The average Bonchev–Trinajstić information content (AvgIpc) is 2.19. The van der Waals surface area contributed by atoms with Crippen molar-refractivity contribution in [1.82, 2.24) is 5.32 Å². The number of halogens is 4. The topological polar surface area (TPSA) is 41.1 Å².